The molecule has 0 N–H and O–H groups in total. The van der Waals surface area contributed by atoms with Crippen molar-refractivity contribution < 1.29 is 4.42 Å². The van der Waals surface area contributed by atoms with Crippen LogP contribution in [0.1, 0.15) is 0 Å². The highest BCUT2D eigenvalue weighted by atomic mass is 32.1. The van der Waals surface area contributed by atoms with E-state index in [1.54, 1.807) is 0 Å². The zero-order chi connectivity index (χ0) is 43.7. The number of hydrogen-bond donors (Lipinski definition) is 0. The molecule has 310 valence electrons. The molecule has 0 saturated carbocycles. The van der Waals surface area contributed by atoms with Crippen molar-refractivity contribution >= 4 is 86.0 Å². The summed E-state index contributed by atoms with van der Waals surface area (Å²) in [6, 6.07) is 73.9. The predicted octanol–water partition coefficient (Wildman–Crippen LogP) is 16.7. The van der Waals surface area contributed by atoms with E-state index < -0.39 is 0 Å². The third kappa shape index (κ3) is 5.45. The highest BCUT2D eigenvalue weighted by molar-refractivity contribution is 7.25. The molecule has 0 fully saturated rings. The van der Waals surface area contributed by atoms with Crippen molar-refractivity contribution in [2.24, 2.45) is 0 Å². The SMILES string of the molecule is c1ccc(-c2nc(-c3ccccc3)nc(-c3ccc4oc5ccc(-n6c7ccc(-c8ccc9sc%10ccccc%10c9c8)cc7c7c8cccc9c8c(cc76)-c6ccccc6-9)cc5c4c3)n2)cc1. The minimum Gasteiger partial charge on any atom is -0.456 e. The lowest BCUT2D eigenvalue weighted by Gasteiger charge is -2.10. The third-order valence-corrected chi connectivity index (χ3v) is 14.9. The maximum atomic E-state index is 6.57. The lowest BCUT2D eigenvalue weighted by molar-refractivity contribution is 0.669. The minimum atomic E-state index is 0.606. The summed E-state index contributed by atoms with van der Waals surface area (Å²) in [5, 5.41) is 9.70. The lowest BCUT2D eigenvalue weighted by Crippen LogP contribution is -2.00. The molecule has 6 heteroatoms. The molecule has 15 rings (SSSR count). The Labute approximate surface area is 387 Å². The van der Waals surface area contributed by atoms with Gasteiger partial charge >= 0.3 is 0 Å². The summed E-state index contributed by atoms with van der Waals surface area (Å²) in [5.41, 5.74) is 15.3. The molecule has 0 bridgehead atoms. The fourth-order valence-corrected chi connectivity index (χ4v) is 11.8. The molecule has 0 radical (unpaired) electrons. The standard InChI is InChI=1S/C61H34N4OS/c1-3-12-35(13-4-1)59-62-60(36-14-5-2-6-15-36)64-61(63-59)39-23-27-53-46(32-39)47-33-40(25-28-54(47)66-53)65-51-26-22-37(38-24-29-56-48(30-38)43-18-9-10-21-55(43)67-56)31-50(51)58-45-20-11-19-44-41-16-7-8-17-42(41)49(57(44)45)34-52(58)65/h1-34H. The van der Waals surface area contributed by atoms with Crippen LogP contribution in [-0.4, -0.2) is 19.5 Å². The van der Waals surface area contributed by atoms with Gasteiger partial charge in [0.25, 0.3) is 0 Å². The van der Waals surface area contributed by atoms with Gasteiger partial charge < -0.3 is 8.98 Å². The van der Waals surface area contributed by atoms with Crippen molar-refractivity contribution in [2.45, 2.75) is 0 Å². The Bertz CT molecular complexity index is 4330. The second kappa shape index (κ2) is 13.9. The fourth-order valence-electron chi connectivity index (χ4n) is 10.7. The number of nitrogens with zero attached hydrogens (tertiary/aromatic N) is 4. The van der Waals surface area contributed by atoms with E-state index in [4.69, 9.17) is 19.4 Å². The van der Waals surface area contributed by atoms with Gasteiger partial charge in [-0.1, -0.05) is 133 Å². The zero-order valence-electron chi connectivity index (χ0n) is 35.7. The molecular weight excluding hydrogens is 837 g/mol. The van der Waals surface area contributed by atoms with E-state index in [1.807, 2.05) is 84.1 Å². The summed E-state index contributed by atoms with van der Waals surface area (Å²) in [7, 11) is 0. The number of thiophene rings is 1. The predicted molar refractivity (Wildman–Crippen MR) is 278 cm³/mol. The van der Waals surface area contributed by atoms with Crippen LogP contribution in [0.5, 0.6) is 0 Å². The maximum absolute atomic E-state index is 6.57. The number of hydrogen-bond acceptors (Lipinski definition) is 5. The first-order valence-electron chi connectivity index (χ1n) is 22.6. The Morgan fingerprint density at radius 1 is 0.328 bits per heavy atom. The molecular formula is C61H34N4OS. The number of rotatable bonds is 5. The van der Waals surface area contributed by atoms with Crippen LogP contribution >= 0.6 is 11.3 Å². The molecule has 0 aliphatic heterocycles. The van der Waals surface area contributed by atoms with E-state index in [0.29, 0.717) is 17.5 Å². The normalized spacial score (nSPS) is 12.2. The summed E-state index contributed by atoms with van der Waals surface area (Å²) < 4.78 is 11.7. The maximum Gasteiger partial charge on any atom is 0.164 e. The largest absolute Gasteiger partial charge is 0.456 e. The van der Waals surface area contributed by atoms with E-state index in [-0.39, 0.29) is 0 Å². The highest BCUT2D eigenvalue weighted by Crippen LogP contribution is 2.52. The Morgan fingerprint density at radius 2 is 0.896 bits per heavy atom. The second-order valence-corrected chi connectivity index (χ2v) is 18.6. The number of fused-ring (bicyclic) bond motifs is 13. The van der Waals surface area contributed by atoms with Gasteiger partial charge in [0.15, 0.2) is 17.5 Å². The molecule has 67 heavy (non-hydrogen) atoms. The first-order valence-corrected chi connectivity index (χ1v) is 23.4. The van der Waals surface area contributed by atoms with Crippen LogP contribution < -0.4 is 0 Å². The summed E-state index contributed by atoms with van der Waals surface area (Å²) in [4.78, 5) is 15.1. The molecule has 0 spiro atoms. The van der Waals surface area contributed by atoms with Crippen molar-refractivity contribution in [1.29, 1.82) is 0 Å². The Kier molecular flexibility index (Phi) is 7.59. The first-order chi connectivity index (χ1) is 33.2. The van der Waals surface area contributed by atoms with Crippen LogP contribution in [0.15, 0.2) is 211 Å². The average Bonchev–Trinajstić information content (AvgIpc) is 4.14. The van der Waals surface area contributed by atoms with Crippen molar-refractivity contribution in [3.05, 3.63) is 206 Å². The summed E-state index contributed by atoms with van der Waals surface area (Å²) in [5.74, 6) is 1.86. The van der Waals surface area contributed by atoms with Crippen LogP contribution in [0.2, 0.25) is 0 Å². The molecule has 5 nitrogen and oxygen atoms in total. The quantitative estimate of drug-likeness (QED) is 0.173. The number of benzene rings is 10. The molecule has 14 aromatic rings. The van der Waals surface area contributed by atoms with E-state index in [0.717, 1.165) is 49.8 Å². The summed E-state index contributed by atoms with van der Waals surface area (Å²) >= 11 is 1.86. The molecule has 0 unspecified atom stereocenters. The fraction of sp³-hybridized carbons (Fsp3) is 0. The molecule has 10 aromatic carbocycles. The van der Waals surface area contributed by atoms with Crippen LogP contribution in [-0.2, 0) is 0 Å². The van der Waals surface area contributed by atoms with E-state index >= 15 is 0 Å². The molecule has 1 aliphatic carbocycles. The van der Waals surface area contributed by atoms with E-state index in [2.05, 4.69) is 138 Å². The van der Waals surface area contributed by atoms with Crippen molar-refractivity contribution in [3.63, 3.8) is 0 Å². The van der Waals surface area contributed by atoms with Gasteiger partial charge in [-0.15, -0.1) is 11.3 Å². The monoisotopic (exact) mass is 870 g/mol. The van der Waals surface area contributed by atoms with E-state index in [9.17, 15) is 0 Å². The Balaban J connectivity index is 0.953. The average molecular weight is 871 g/mol. The first kappa shape index (κ1) is 36.6. The van der Waals surface area contributed by atoms with Crippen LogP contribution in [0, 0.1) is 0 Å². The third-order valence-electron chi connectivity index (χ3n) is 13.8. The van der Waals surface area contributed by atoms with Crippen LogP contribution in [0.4, 0.5) is 0 Å². The van der Waals surface area contributed by atoms with Gasteiger partial charge in [0.1, 0.15) is 11.2 Å². The van der Waals surface area contributed by atoms with Gasteiger partial charge in [-0.05, 0) is 117 Å². The van der Waals surface area contributed by atoms with Crippen molar-refractivity contribution in [1.82, 2.24) is 19.5 Å². The van der Waals surface area contributed by atoms with Gasteiger partial charge in [-0.25, -0.2) is 15.0 Å². The Hall–Kier alpha value is -8.71. The molecule has 0 amide bonds. The van der Waals surface area contributed by atoms with Crippen molar-refractivity contribution in [2.75, 3.05) is 0 Å². The van der Waals surface area contributed by atoms with Gasteiger partial charge in [0, 0.05) is 64.1 Å². The molecule has 1 aliphatic rings. The van der Waals surface area contributed by atoms with Gasteiger partial charge in [0.2, 0.25) is 0 Å². The highest BCUT2D eigenvalue weighted by Gasteiger charge is 2.26. The lowest BCUT2D eigenvalue weighted by atomic mass is 9.96. The molecule has 0 saturated heterocycles. The topological polar surface area (TPSA) is 56.7 Å². The molecule has 4 heterocycles. The van der Waals surface area contributed by atoms with Gasteiger partial charge in [-0.3, -0.25) is 0 Å². The van der Waals surface area contributed by atoms with Crippen LogP contribution in [0.3, 0.4) is 0 Å². The Morgan fingerprint density at radius 3 is 1.67 bits per heavy atom. The second-order valence-electron chi connectivity index (χ2n) is 17.5. The zero-order valence-corrected chi connectivity index (χ0v) is 36.6. The van der Waals surface area contributed by atoms with Gasteiger partial charge in [-0.2, -0.15) is 0 Å². The molecule has 0 atom stereocenters. The minimum absolute atomic E-state index is 0.606. The van der Waals surface area contributed by atoms with E-state index in [1.165, 1.54) is 80.6 Å². The van der Waals surface area contributed by atoms with Crippen molar-refractivity contribution in [3.8, 4) is 73.2 Å². The number of furan rings is 1. The summed E-state index contributed by atoms with van der Waals surface area (Å²) in [6.45, 7) is 0. The van der Waals surface area contributed by atoms with Gasteiger partial charge in [0.05, 0.1) is 11.0 Å². The smallest absolute Gasteiger partial charge is 0.164 e. The summed E-state index contributed by atoms with van der Waals surface area (Å²) in [6.07, 6.45) is 0. The van der Waals surface area contributed by atoms with Crippen LogP contribution in [0.25, 0.3) is 148 Å². The molecule has 4 aromatic heterocycles. The number of aromatic nitrogens is 4.